The lowest BCUT2D eigenvalue weighted by molar-refractivity contribution is 0.126. The van der Waals surface area contributed by atoms with Gasteiger partial charge in [-0.3, -0.25) is 0 Å². The van der Waals surface area contributed by atoms with Gasteiger partial charge in [-0.15, -0.1) is 0 Å². The molecule has 2 saturated carbocycles. The van der Waals surface area contributed by atoms with E-state index in [1.807, 2.05) is 0 Å². The quantitative estimate of drug-likeness (QED) is 0.618. The average Bonchev–Trinajstić information content (AvgIpc) is 2.81. The SMILES string of the molecule is N#Cc1cnc(NC2CCC(O)CC2)nc1N[C@@H]1CCCC[C@@H](O)C1. The Morgan fingerprint density at radius 2 is 1.72 bits per heavy atom. The molecule has 0 aliphatic heterocycles. The van der Waals surface area contributed by atoms with Crippen LogP contribution in [-0.4, -0.2) is 44.5 Å². The number of nitrogens with one attached hydrogen (secondary N) is 2. The molecule has 7 nitrogen and oxygen atoms in total. The van der Waals surface area contributed by atoms with Gasteiger partial charge in [0.25, 0.3) is 0 Å². The second kappa shape index (κ2) is 8.45. The lowest BCUT2D eigenvalue weighted by atomic mass is 9.93. The molecule has 1 heterocycles. The molecular formula is C18H27N5O2. The van der Waals surface area contributed by atoms with Gasteiger partial charge in [0, 0.05) is 12.1 Å². The van der Waals surface area contributed by atoms with Crippen molar-refractivity contribution in [3.8, 4) is 6.07 Å². The van der Waals surface area contributed by atoms with Crippen LogP contribution in [0.4, 0.5) is 11.8 Å². The number of aromatic nitrogens is 2. The number of anilines is 2. The summed E-state index contributed by atoms with van der Waals surface area (Å²) >= 11 is 0. The Morgan fingerprint density at radius 3 is 2.48 bits per heavy atom. The van der Waals surface area contributed by atoms with Gasteiger partial charge >= 0.3 is 0 Å². The molecule has 7 heteroatoms. The minimum atomic E-state index is -0.293. The maximum Gasteiger partial charge on any atom is 0.224 e. The van der Waals surface area contributed by atoms with Gasteiger partial charge in [-0.1, -0.05) is 12.8 Å². The van der Waals surface area contributed by atoms with Crippen LogP contribution in [0.3, 0.4) is 0 Å². The minimum absolute atomic E-state index is 0.122. The number of hydrogen-bond donors (Lipinski definition) is 4. The number of aliphatic hydroxyl groups excluding tert-OH is 2. The van der Waals surface area contributed by atoms with Gasteiger partial charge in [-0.25, -0.2) is 4.98 Å². The van der Waals surface area contributed by atoms with Crippen molar-refractivity contribution in [2.75, 3.05) is 10.6 Å². The fourth-order valence-electron chi connectivity index (χ4n) is 3.71. The maximum atomic E-state index is 9.99. The normalized spacial score (nSPS) is 30.1. The molecule has 1 aromatic heterocycles. The number of aliphatic hydroxyl groups is 2. The summed E-state index contributed by atoms with van der Waals surface area (Å²) in [5.41, 5.74) is 0.420. The Balaban J connectivity index is 1.68. The summed E-state index contributed by atoms with van der Waals surface area (Å²) in [6.07, 6.45) is 9.01. The topological polar surface area (TPSA) is 114 Å². The molecule has 136 valence electrons. The molecule has 0 saturated heterocycles. The molecule has 2 atom stereocenters. The molecule has 25 heavy (non-hydrogen) atoms. The van der Waals surface area contributed by atoms with Crippen LogP contribution in [0.2, 0.25) is 0 Å². The van der Waals surface area contributed by atoms with Gasteiger partial charge in [0.15, 0.2) is 0 Å². The first-order valence-corrected chi connectivity index (χ1v) is 9.30. The van der Waals surface area contributed by atoms with E-state index in [4.69, 9.17) is 0 Å². The number of hydrogen-bond acceptors (Lipinski definition) is 7. The predicted octanol–water partition coefficient (Wildman–Crippen LogP) is 2.17. The molecular weight excluding hydrogens is 318 g/mol. The monoisotopic (exact) mass is 345 g/mol. The zero-order valence-corrected chi connectivity index (χ0v) is 14.5. The zero-order chi connectivity index (χ0) is 17.6. The van der Waals surface area contributed by atoms with Crippen molar-refractivity contribution >= 4 is 11.8 Å². The summed E-state index contributed by atoms with van der Waals surface area (Å²) in [4.78, 5) is 8.76. The van der Waals surface area contributed by atoms with Crippen LogP contribution in [0.1, 0.15) is 63.4 Å². The Labute approximate surface area is 148 Å². The Kier molecular flexibility index (Phi) is 6.05. The highest BCUT2D eigenvalue weighted by molar-refractivity contribution is 5.54. The third-order valence-electron chi connectivity index (χ3n) is 5.18. The zero-order valence-electron chi connectivity index (χ0n) is 14.5. The summed E-state index contributed by atoms with van der Waals surface area (Å²) in [5.74, 6) is 1.05. The Bertz CT molecular complexity index is 610. The third-order valence-corrected chi connectivity index (χ3v) is 5.18. The van der Waals surface area contributed by atoms with E-state index < -0.39 is 0 Å². The molecule has 2 aliphatic rings. The fraction of sp³-hybridized carbons (Fsp3) is 0.722. The minimum Gasteiger partial charge on any atom is -0.393 e. The molecule has 3 rings (SSSR count). The lowest BCUT2D eigenvalue weighted by Crippen LogP contribution is -2.29. The van der Waals surface area contributed by atoms with Crippen molar-refractivity contribution in [3.05, 3.63) is 11.8 Å². The lowest BCUT2D eigenvalue weighted by Gasteiger charge is -2.26. The smallest absolute Gasteiger partial charge is 0.224 e. The number of nitrogens with zero attached hydrogens (tertiary/aromatic N) is 3. The summed E-state index contributed by atoms with van der Waals surface area (Å²) in [6, 6.07) is 2.51. The van der Waals surface area contributed by atoms with Gasteiger partial charge in [0.2, 0.25) is 5.95 Å². The van der Waals surface area contributed by atoms with Gasteiger partial charge in [0.1, 0.15) is 17.5 Å². The van der Waals surface area contributed by atoms with E-state index >= 15 is 0 Å². The van der Waals surface area contributed by atoms with E-state index in [2.05, 4.69) is 26.7 Å². The van der Waals surface area contributed by atoms with Gasteiger partial charge < -0.3 is 20.8 Å². The molecule has 2 fully saturated rings. The van der Waals surface area contributed by atoms with Crippen LogP contribution < -0.4 is 10.6 Å². The maximum absolute atomic E-state index is 9.99. The third kappa shape index (κ3) is 5.03. The largest absolute Gasteiger partial charge is 0.393 e. The standard InChI is InChI=1S/C18H27N5O2/c19-10-12-11-20-18(22-13-5-7-15(24)8-6-13)23-17(12)21-14-3-1-2-4-16(25)9-14/h11,13-16,24-25H,1-9H2,(H2,20,21,22,23)/t13?,14-,15?,16-/m1/s1. The van der Waals surface area contributed by atoms with E-state index in [-0.39, 0.29) is 24.3 Å². The van der Waals surface area contributed by atoms with E-state index in [1.54, 1.807) is 6.20 Å². The molecule has 0 unspecified atom stereocenters. The number of nitriles is 1. The first-order valence-electron chi connectivity index (χ1n) is 9.30. The molecule has 0 radical (unpaired) electrons. The second-order valence-corrected chi connectivity index (χ2v) is 7.23. The molecule has 0 amide bonds. The summed E-state index contributed by atoms with van der Waals surface area (Å²) in [6.45, 7) is 0. The predicted molar refractivity (Wildman–Crippen MR) is 95.1 cm³/mol. The molecule has 0 bridgehead atoms. The van der Waals surface area contributed by atoms with Crippen LogP contribution in [0.15, 0.2) is 6.20 Å². The van der Waals surface area contributed by atoms with E-state index in [0.717, 1.165) is 51.4 Å². The van der Waals surface area contributed by atoms with E-state index in [1.165, 1.54) is 0 Å². The van der Waals surface area contributed by atoms with Gasteiger partial charge in [-0.2, -0.15) is 10.2 Å². The van der Waals surface area contributed by atoms with Crippen molar-refractivity contribution in [1.82, 2.24) is 9.97 Å². The highest BCUT2D eigenvalue weighted by Crippen LogP contribution is 2.24. The molecule has 4 N–H and O–H groups in total. The summed E-state index contributed by atoms with van der Waals surface area (Å²) in [7, 11) is 0. The molecule has 1 aromatic rings. The van der Waals surface area contributed by atoms with Crippen LogP contribution in [0.25, 0.3) is 0 Å². The van der Waals surface area contributed by atoms with Gasteiger partial charge in [-0.05, 0) is 44.9 Å². The summed E-state index contributed by atoms with van der Waals surface area (Å²) in [5, 5.41) is 35.6. The first-order chi connectivity index (χ1) is 12.1. The van der Waals surface area contributed by atoms with Crippen molar-refractivity contribution in [2.45, 2.75) is 82.1 Å². The fourth-order valence-corrected chi connectivity index (χ4v) is 3.71. The first kappa shape index (κ1) is 17.9. The highest BCUT2D eigenvalue weighted by atomic mass is 16.3. The average molecular weight is 345 g/mol. The van der Waals surface area contributed by atoms with Crippen molar-refractivity contribution in [1.29, 1.82) is 5.26 Å². The van der Waals surface area contributed by atoms with Crippen LogP contribution in [-0.2, 0) is 0 Å². The Morgan fingerprint density at radius 1 is 0.960 bits per heavy atom. The van der Waals surface area contributed by atoms with Crippen LogP contribution in [0, 0.1) is 11.3 Å². The highest BCUT2D eigenvalue weighted by Gasteiger charge is 2.22. The Hall–Kier alpha value is -1.91. The van der Waals surface area contributed by atoms with Gasteiger partial charge in [0.05, 0.1) is 18.4 Å². The van der Waals surface area contributed by atoms with E-state index in [0.29, 0.717) is 23.8 Å². The molecule has 0 aromatic carbocycles. The number of rotatable bonds is 4. The molecule has 2 aliphatic carbocycles. The van der Waals surface area contributed by atoms with Crippen molar-refractivity contribution in [2.24, 2.45) is 0 Å². The van der Waals surface area contributed by atoms with E-state index in [9.17, 15) is 15.5 Å². The van der Waals surface area contributed by atoms with Crippen LogP contribution in [0.5, 0.6) is 0 Å². The summed E-state index contributed by atoms with van der Waals surface area (Å²) < 4.78 is 0. The molecule has 0 spiro atoms. The van der Waals surface area contributed by atoms with Crippen molar-refractivity contribution in [3.63, 3.8) is 0 Å². The van der Waals surface area contributed by atoms with Crippen molar-refractivity contribution < 1.29 is 10.2 Å². The van der Waals surface area contributed by atoms with Crippen LogP contribution >= 0.6 is 0 Å². The second-order valence-electron chi connectivity index (χ2n) is 7.23.